The van der Waals surface area contributed by atoms with E-state index in [1.54, 1.807) is 60.4 Å². The number of nitrogens with zero attached hydrogens (tertiary/aromatic N) is 3. The van der Waals surface area contributed by atoms with Gasteiger partial charge in [-0.1, -0.05) is 30.3 Å². The quantitative estimate of drug-likeness (QED) is 0.545. The lowest BCUT2D eigenvalue weighted by Crippen LogP contribution is -2.53. The Morgan fingerprint density at radius 2 is 1.88 bits per heavy atom. The molecule has 3 aliphatic heterocycles. The van der Waals surface area contributed by atoms with E-state index in [9.17, 15) is 19.5 Å². The number of aliphatic hydroxyl groups is 1. The Morgan fingerprint density at radius 1 is 1.12 bits per heavy atom. The Labute approximate surface area is 182 Å². The number of hydrogen-bond acceptors (Lipinski definition) is 6. The zero-order valence-corrected chi connectivity index (χ0v) is 17.3. The van der Waals surface area contributed by atoms with Crippen molar-refractivity contribution in [2.75, 3.05) is 4.90 Å². The van der Waals surface area contributed by atoms with Crippen LogP contribution in [0.3, 0.4) is 0 Å². The van der Waals surface area contributed by atoms with Crippen LogP contribution in [-0.2, 0) is 21.7 Å². The van der Waals surface area contributed by atoms with E-state index in [1.807, 2.05) is 0 Å². The molecule has 9 nitrogen and oxygen atoms in total. The molecule has 6 rings (SSSR count). The normalized spacial score (nSPS) is 28.4. The Morgan fingerprint density at radius 3 is 2.72 bits per heavy atom. The molecule has 9 heteroatoms. The van der Waals surface area contributed by atoms with Crippen LogP contribution in [0.1, 0.15) is 30.8 Å². The van der Waals surface area contributed by atoms with Crippen LogP contribution in [0.15, 0.2) is 53.3 Å². The summed E-state index contributed by atoms with van der Waals surface area (Å²) >= 11 is 0. The molecule has 3 aromatic rings. The summed E-state index contributed by atoms with van der Waals surface area (Å²) in [5.41, 5.74) is -0.159. The minimum atomic E-state index is -1.57. The first-order valence-electron chi connectivity index (χ1n) is 10.6. The van der Waals surface area contributed by atoms with Crippen LogP contribution < -0.4 is 21.1 Å². The predicted molar refractivity (Wildman–Crippen MR) is 116 cm³/mol. The Hall–Kier alpha value is -3.56. The van der Waals surface area contributed by atoms with Crippen molar-refractivity contribution in [3.05, 3.63) is 70.3 Å². The van der Waals surface area contributed by atoms with Gasteiger partial charge in [0.2, 0.25) is 11.8 Å². The topological polar surface area (TPSA) is 117 Å². The van der Waals surface area contributed by atoms with Gasteiger partial charge in [0.25, 0.3) is 5.56 Å². The Bertz CT molecular complexity index is 1370. The number of aromatic nitrogens is 2. The summed E-state index contributed by atoms with van der Waals surface area (Å²) in [6.07, 6.45) is -0.818. The molecular weight excluding hydrogens is 410 g/mol. The molecule has 0 radical (unpaired) electrons. The average molecular weight is 431 g/mol. The van der Waals surface area contributed by atoms with Crippen LogP contribution >= 0.6 is 0 Å². The van der Waals surface area contributed by atoms with Gasteiger partial charge in [0, 0.05) is 12.0 Å². The van der Waals surface area contributed by atoms with Gasteiger partial charge in [0.15, 0.2) is 0 Å². The molecule has 4 unspecified atom stereocenters. The molecule has 162 valence electrons. The van der Waals surface area contributed by atoms with E-state index in [0.29, 0.717) is 28.0 Å². The summed E-state index contributed by atoms with van der Waals surface area (Å²) < 4.78 is 1.39. The van der Waals surface area contributed by atoms with E-state index >= 15 is 0 Å². The van der Waals surface area contributed by atoms with Gasteiger partial charge >= 0.3 is 0 Å². The smallest absolute Gasteiger partial charge is 0.262 e. The maximum absolute atomic E-state index is 13.4. The number of anilines is 1. The van der Waals surface area contributed by atoms with Gasteiger partial charge in [-0.3, -0.25) is 29.2 Å². The summed E-state index contributed by atoms with van der Waals surface area (Å²) in [7, 11) is 0. The van der Waals surface area contributed by atoms with Crippen LogP contribution in [0.2, 0.25) is 0 Å². The third-order valence-corrected chi connectivity index (χ3v) is 6.78. The summed E-state index contributed by atoms with van der Waals surface area (Å²) in [5.74, 6) is -0.0658. The number of nitrogens with one attached hydrogen (secondary N) is 2. The highest BCUT2D eigenvalue weighted by atomic mass is 16.3. The first-order chi connectivity index (χ1) is 15.4. The molecule has 0 aliphatic carbocycles. The summed E-state index contributed by atoms with van der Waals surface area (Å²) in [4.78, 5) is 45.3. The van der Waals surface area contributed by atoms with Crippen molar-refractivity contribution >= 4 is 28.4 Å². The summed E-state index contributed by atoms with van der Waals surface area (Å²) in [6.45, 7) is 1.88. The first-order valence-corrected chi connectivity index (χ1v) is 10.6. The number of hydrogen-bond donors (Lipinski definition) is 3. The average Bonchev–Trinajstić information content (AvgIpc) is 3.22. The van der Waals surface area contributed by atoms with Crippen LogP contribution in [0.25, 0.3) is 10.9 Å². The lowest BCUT2D eigenvalue weighted by molar-refractivity contribution is -0.128. The van der Waals surface area contributed by atoms with Gasteiger partial charge in [-0.25, -0.2) is 4.98 Å². The Balaban J connectivity index is 1.51. The number of benzene rings is 2. The molecule has 2 amide bonds. The van der Waals surface area contributed by atoms with Crippen molar-refractivity contribution in [2.45, 2.75) is 43.7 Å². The molecule has 1 saturated heterocycles. The van der Waals surface area contributed by atoms with Crippen molar-refractivity contribution in [2.24, 2.45) is 0 Å². The molecular formula is C23H21N5O4. The third-order valence-electron chi connectivity index (χ3n) is 6.78. The van der Waals surface area contributed by atoms with E-state index in [0.717, 1.165) is 0 Å². The largest absolute Gasteiger partial charge is 0.381 e. The second kappa shape index (κ2) is 6.47. The second-order valence-corrected chi connectivity index (χ2v) is 8.60. The van der Waals surface area contributed by atoms with E-state index < -0.39 is 23.9 Å². The first kappa shape index (κ1) is 19.1. The summed E-state index contributed by atoms with van der Waals surface area (Å²) in [6, 6.07) is 12.7. The molecule has 4 atom stereocenters. The minimum Gasteiger partial charge on any atom is -0.381 e. The SMILES string of the molecule is CC1NC2N(C1=O)c1ccccc1C2(O)CC1C(=O)NCc2nc3ccccc3c(=O)n21. The van der Waals surface area contributed by atoms with Crippen molar-refractivity contribution in [1.82, 2.24) is 20.2 Å². The van der Waals surface area contributed by atoms with Gasteiger partial charge in [0.1, 0.15) is 23.6 Å². The van der Waals surface area contributed by atoms with Gasteiger partial charge in [0.05, 0.1) is 29.2 Å². The predicted octanol–water partition coefficient (Wildman–Crippen LogP) is 0.510. The van der Waals surface area contributed by atoms with Crippen LogP contribution in [-0.4, -0.2) is 38.7 Å². The maximum atomic E-state index is 13.4. The van der Waals surface area contributed by atoms with E-state index in [-0.39, 0.29) is 30.3 Å². The third kappa shape index (κ3) is 2.40. The van der Waals surface area contributed by atoms with Gasteiger partial charge in [-0.15, -0.1) is 0 Å². The number of carbonyl (C=O) groups excluding carboxylic acids is 2. The van der Waals surface area contributed by atoms with Crippen molar-refractivity contribution in [1.29, 1.82) is 0 Å². The second-order valence-electron chi connectivity index (χ2n) is 8.60. The molecule has 32 heavy (non-hydrogen) atoms. The zero-order valence-electron chi connectivity index (χ0n) is 17.3. The van der Waals surface area contributed by atoms with Crippen LogP contribution in [0, 0.1) is 0 Å². The number of rotatable bonds is 2. The lowest BCUT2D eigenvalue weighted by Gasteiger charge is -2.36. The van der Waals surface area contributed by atoms with Crippen molar-refractivity contribution in [3.63, 3.8) is 0 Å². The van der Waals surface area contributed by atoms with Gasteiger partial charge < -0.3 is 10.4 Å². The number of fused-ring (bicyclic) bond motifs is 5. The van der Waals surface area contributed by atoms with Crippen LogP contribution in [0.4, 0.5) is 5.69 Å². The molecule has 3 N–H and O–H groups in total. The van der Waals surface area contributed by atoms with Crippen molar-refractivity contribution in [3.8, 4) is 0 Å². The number of carbonyl (C=O) groups is 2. The molecule has 1 fully saturated rings. The molecule has 1 aromatic heterocycles. The molecule has 4 heterocycles. The lowest BCUT2D eigenvalue weighted by atomic mass is 9.85. The van der Waals surface area contributed by atoms with Crippen LogP contribution in [0.5, 0.6) is 0 Å². The maximum Gasteiger partial charge on any atom is 0.262 e. The fourth-order valence-corrected chi connectivity index (χ4v) is 5.26. The standard InChI is InChI=1S/C23H21N5O4/c1-12-20(30)28-16-9-5-3-7-14(16)23(32,22(28)25-12)10-17-19(29)24-11-18-26-15-8-4-2-6-13(15)21(31)27(17)18/h2-9,12,17,22,25,32H,10-11H2,1H3,(H,24,29). The fraction of sp³-hybridized carbons (Fsp3) is 0.304. The molecule has 2 aromatic carbocycles. The van der Waals surface area contributed by atoms with Crippen molar-refractivity contribution < 1.29 is 14.7 Å². The molecule has 0 saturated carbocycles. The molecule has 0 bridgehead atoms. The molecule has 3 aliphatic rings. The highest BCUT2D eigenvalue weighted by molar-refractivity contribution is 6.02. The number of amides is 2. The highest BCUT2D eigenvalue weighted by Crippen LogP contribution is 2.49. The highest BCUT2D eigenvalue weighted by Gasteiger charge is 2.58. The monoisotopic (exact) mass is 431 g/mol. The molecule has 0 spiro atoms. The van der Waals surface area contributed by atoms with E-state index in [2.05, 4.69) is 15.6 Å². The summed E-state index contributed by atoms with van der Waals surface area (Å²) in [5, 5.41) is 18.4. The van der Waals surface area contributed by atoms with E-state index in [4.69, 9.17) is 0 Å². The van der Waals surface area contributed by atoms with Gasteiger partial charge in [-0.05, 0) is 25.1 Å². The fourth-order valence-electron chi connectivity index (χ4n) is 5.26. The minimum absolute atomic E-state index is 0.0864. The Kier molecular flexibility index (Phi) is 3.87. The van der Waals surface area contributed by atoms with Gasteiger partial charge in [-0.2, -0.15) is 0 Å². The number of para-hydroxylation sites is 2. The zero-order chi connectivity index (χ0) is 22.2. The van der Waals surface area contributed by atoms with E-state index in [1.165, 1.54) is 4.57 Å².